The average Bonchev–Trinajstić information content (AvgIpc) is 2.31. The molecule has 6 nitrogen and oxygen atoms in total. The summed E-state index contributed by atoms with van der Waals surface area (Å²) in [5, 5.41) is 33.2. The van der Waals surface area contributed by atoms with Crippen LogP contribution < -0.4 is 11.5 Å². The number of aliphatic hydroxyl groups is 4. The average molecular weight is 476 g/mol. The third-order valence-electron chi connectivity index (χ3n) is 1.44. The molecule has 0 heterocycles. The molecule has 0 radical (unpaired) electrons. The van der Waals surface area contributed by atoms with E-state index in [1.54, 1.807) is 13.8 Å². The van der Waals surface area contributed by atoms with Crippen LogP contribution >= 0.6 is 18.8 Å². The fraction of sp³-hybridized carbons (Fsp3) is 1.00. The summed E-state index contributed by atoms with van der Waals surface area (Å²) in [4.78, 5) is 0. The Hall–Kier alpha value is 1.03. The number of rotatable bonds is 4. The van der Waals surface area contributed by atoms with Gasteiger partial charge in [0, 0.05) is 0 Å². The van der Waals surface area contributed by atoms with E-state index in [2.05, 4.69) is 0 Å². The van der Waals surface area contributed by atoms with Crippen molar-refractivity contribution in [2.45, 2.75) is 24.9 Å². The molecule has 0 aliphatic rings. The van der Waals surface area contributed by atoms with Crippen LogP contribution in [0, 0.1) is 0 Å². The molecule has 0 aliphatic heterocycles. The van der Waals surface area contributed by atoms with Crippen LogP contribution in [0.2, 0.25) is 0 Å². The molecule has 0 fully saturated rings. The van der Waals surface area contributed by atoms with Crippen molar-refractivity contribution in [3.8, 4) is 0 Å². The molecule has 8 N–H and O–H groups in total. The van der Waals surface area contributed by atoms with E-state index in [4.69, 9.17) is 50.7 Å². The zero-order valence-corrected chi connectivity index (χ0v) is 13.6. The van der Waals surface area contributed by atoms with Gasteiger partial charge in [0.05, 0.1) is 37.5 Å². The van der Waals surface area contributed by atoms with E-state index in [0.29, 0.717) is 0 Å². The molecule has 0 saturated heterocycles. The summed E-state index contributed by atoms with van der Waals surface area (Å²) in [5.74, 6) is 0. The number of nitrogens with two attached hydrogens (primary N) is 2. The van der Waals surface area contributed by atoms with Crippen LogP contribution in [0.15, 0.2) is 0 Å². The van der Waals surface area contributed by atoms with Crippen LogP contribution in [0.1, 0.15) is 13.8 Å². The Bertz CT molecular complexity index is 136. The van der Waals surface area contributed by atoms with Gasteiger partial charge in [-0.05, 0) is 13.8 Å². The summed E-state index contributed by atoms with van der Waals surface area (Å²) in [7, 11) is 9.75. The second kappa shape index (κ2) is 13.5. The normalized spacial score (nSPS) is 11.2. The minimum absolute atomic E-state index is 0.177. The standard InChI is InChI=1S/2C4H11NO2.2ClH.Pt/c2*1-4(5,2-6)3-7;;;/h2*6-7H,2-3,5H2,1H3;2*1H;/q;;;;+2/p-2. The Morgan fingerprint density at radius 3 is 0.941 bits per heavy atom. The Labute approximate surface area is 118 Å². The van der Waals surface area contributed by atoms with Crippen LogP contribution in [-0.2, 0) is 16.5 Å². The van der Waals surface area contributed by atoms with E-state index in [-0.39, 0.29) is 26.4 Å². The van der Waals surface area contributed by atoms with Crippen molar-refractivity contribution in [3.63, 3.8) is 0 Å². The molecule has 112 valence electrons. The molecule has 0 atom stereocenters. The maximum absolute atomic E-state index is 8.31. The van der Waals surface area contributed by atoms with Crippen LogP contribution in [-0.4, -0.2) is 57.9 Å². The first-order valence-corrected chi connectivity index (χ1v) is 10.1. The first kappa shape index (κ1) is 23.1. The monoisotopic (exact) mass is 475 g/mol. The van der Waals surface area contributed by atoms with Gasteiger partial charge >= 0.3 is 35.3 Å². The summed E-state index contributed by atoms with van der Waals surface area (Å²) < 4.78 is 0. The van der Waals surface area contributed by atoms with Gasteiger partial charge in [-0.2, -0.15) is 0 Å². The molecule has 0 aromatic carbocycles. The van der Waals surface area contributed by atoms with Crippen molar-refractivity contribution < 1.29 is 36.9 Å². The second-order valence-electron chi connectivity index (χ2n) is 3.99. The van der Waals surface area contributed by atoms with Gasteiger partial charge in [0.15, 0.2) is 0 Å². The van der Waals surface area contributed by atoms with Crippen LogP contribution in [0.25, 0.3) is 0 Å². The predicted octanol–water partition coefficient (Wildman–Crippen LogP) is -1.25. The number of hydrogen-bond donors (Lipinski definition) is 6. The fourth-order valence-corrected chi connectivity index (χ4v) is 0.1000. The predicted molar refractivity (Wildman–Crippen MR) is 65.2 cm³/mol. The third kappa shape index (κ3) is 22.7. The molecule has 0 spiro atoms. The van der Waals surface area contributed by atoms with E-state index in [9.17, 15) is 0 Å². The Morgan fingerprint density at radius 1 is 0.824 bits per heavy atom. The molecular weight excluding hydrogens is 454 g/mol. The summed E-state index contributed by atoms with van der Waals surface area (Å²) in [6.45, 7) is 2.44. The summed E-state index contributed by atoms with van der Waals surface area (Å²) in [6, 6.07) is 0. The zero-order valence-electron chi connectivity index (χ0n) is 9.84. The van der Waals surface area contributed by atoms with Crippen LogP contribution in [0.5, 0.6) is 0 Å². The van der Waals surface area contributed by atoms with Crippen molar-refractivity contribution >= 4 is 18.8 Å². The van der Waals surface area contributed by atoms with Gasteiger partial charge in [0.25, 0.3) is 0 Å². The van der Waals surface area contributed by atoms with E-state index in [0.717, 1.165) is 0 Å². The van der Waals surface area contributed by atoms with Crippen molar-refractivity contribution in [2.75, 3.05) is 26.4 Å². The number of aliphatic hydroxyl groups excluding tert-OH is 4. The molecule has 0 aromatic heterocycles. The number of halogens is 2. The van der Waals surface area contributed by atoms with Crippen molar-refractivity contribution in [3.05, 3.63) is 0 Å². The van der Waals surface area contributed by atoms with E-state index in [1.807, 2.05) is 0 Å². The zero-order chi connectivity index (χ0) is 14.5. The van der Waals surface area contributed by atoms with Gasteiger partial charge in [0.1, 0.15) is 0 Å². The molecule has 0 amide bonds. The molecular formula is C8H22Cl2N2O4Pt. The molecule has 0 rings (SSSR count). The first-order chi connectivity index (χ1) is 7.66. The van der Waals surface area contributed by atoms with Gasteiger partial charge < -0.3 is 31.9 Å². The van der Waals surface area contributed by atoms with Crippen LogP contribution in [0.4, 0.5) is 0 Å². The first-order valence-electron chi connectivity index (χ1n) is 4.50. The topological polar surface area (TPSA) is 133 Å². The summed E-state index contributed by atoms with van der Waals surface area (Å²) >= 11 is -0.472. The molecule has 0 aliphatic carbocycles. The summed E-state index contributed by atoms with van der Waals surface area (Å²) in [5.41, 5.74) is 8.82. The SMILES string of the molecule is CC(N)(CO)CO.CC(N)(CO)CO.[Cl][Pt][Cl]. The van der Waals surface area contributed by atoms with Crippen molar-refractivity contribution in [1.82, 2.24) is 0 Å². The molecule has 0 bridgehead atoms. The molecule has 0 unspecified atom stereocenters. The van der Waals surface area contributed by atoms with Crippen LogP contribution in [0.3, 0.4) is 0 Å². The molecule has 9 heteroatoms. The molecule has 0 aromatic rings. The van der Waals surface area contributed by atoms with Gasteiger partial charge in [-0.15, -0.1) is 0 Å². The Morgan fingerprint density at radius 2 is 0.941 bits per heavy atom. The third-order valence-corrected chi connectivity index (χ3v) is 1.44. The van der Waals surface area contributed by atoms with Crippen molar-refractivity contribution in [1.29, 1.82) is 0 Å². The quantitative estimate of drug-likeness (QED) is 0.301. The van der Waals surface area contributed by atoms with Crippen molar-refractivity contribution in [2.24, 2.45) is 11.5 Å². The molecule has 0 saturated carbocycles. The Balaban J connectivity index is -0.000000188. The summed E-state index contributed by atoms with van der Waals surface area (Å²) in [6.07, 6.45) is 0. The fourth-order valence-electron chi connectivity index (χ4n) is 0.1000. The van der Waals surface area contributed by atoms with E-state index in [1.165, 1.54) is 0 Å². The molecule has 17 heavy (non-hydrogen) atoms. The van der Waals surface area contributed by atoms with E-state index < -0.39 is 27.6 Å². The van der Waals surface area contributed by atoms with Gasteiger partial charge in [-0.25, -0.2) is 0 Å². The number of hydrogen-bond acceptors (Lipinski definition) is 6. The Kier molecular flexibility index (Phi) is 18.3. The van der Waals surface area contributed by atoms with E-state index >= 15 is 0 Å². The van der Waals surface area contributed by atoms with Gasteiger partial charge in [-0.1, -0.05) is 0 Å². The minimum atomic E-state index is -0.806. The maximum atomic E-state index is 8.31. The van der Waals surface area contributed by atoms with Gasteiger partial charge in [0.2, 0.25) is 0 Å². The second-order valence-corrected chi connectivity index (χ2v) is 7.27. The van der Waals surface area contributed by atoms with Gasteiger partial charge in [-0.3, -0.25) is 0 Å².